The van der Waals surface area contributed by atoms with Crippen molar-refractivity contribution in [3.63, 3.8) is 0 Å². The number of hydrogen-bond acceptors (Lipinski definition) is 3. The van der Waals surface area contributed by atoms with Crippen molar-refractivity contribution in [3.8, 4) is 5.75 Å². The second-order valence-electron chi connectivity index (χ2n) is 6.85. The first-order valence-electron chi connectivity index (χ1n) is 8.82. The van der Waals surface area contributed by atoms with Crippen molar-refractivity contribution >= 4 is 5.57 Å². The van der Waals surface area contributed by atoms with E-state index in [4.69, 9.17) is 4.74 Å². The van der Waals surface area contributed by atoms with E-state index in [1.54, 1.807) is 0 Å². The predicted octanol–water partition coefficient (Wildman–Crippen LogP) is 3.27. The Balaban J connectivity index is 1.72. The molecule has 1 fully saturated rings. The Morgan fingerprint density at radius 3 is 2.44 bits per heavy atom. The molecular weight excluding hydrogens is 315 g/mol. The minimum Gasteiger partial charge on any atom is -0.489 e. The van der Waals surface area contributed by atoms with E-state index in [1.165, 1.54) is 23.3 Å². The summed E-state index contributed by atoms with van der Waals surface area (Å²) in [5.41, 5.74) is 4.63. The Bertz CT molecular complexity index is 777. The van der Waals surface area contributed by atoms with Crippen molar-refractivity contribution in [3.05, 3.63) is 71.0 Å². The van der Waals surface area contributed by atoms with Gasteiger partial charge in [0.2, 0.25) is 0 Å². The van der Waals surface area contributed by atoms with Crippen LogP contribution in [-0.4, -0.2) is 56.2 Å². The molecule has 0 aliphatic carbocycles. The van der Waals surface area contributed by atoms with Gasteiger partial charge in [-0.1, -0.05) is 30.3 Å². The van der Waals surface area contributed by atoms with Gasteiger partial charge >= 0.3 is 0 Å². The third-order valence-electron chi connectivity index (χ3n) is 5.06. The monoisotopic (exact) mass is 338 g/mol. The van der Waals surface area contributed by atoms with Crippen LogP contribution in [-0.2, 0) is 0 Å². The molecule has 0 saturated carbocycles. The lowest BCUT2D eigenvalue weighted by Crippen LogP contribution is -2.45. The highest BCUT2D eigenvalue weighted by Crippen LogP contribution is 2.37. The van der Waals surface area contributed by atoms with Gasteiger partial charge in [-0.05, 0) is 42.0 Å². The fraction of sp³-hybridized carbons (Fsp3) is 0.333. The number of piperazine rings is 1. The Kier molecular flexibility index (Phi) is 4.55. The second-order valence-corrected chi connectivity index (χ2v) is 6.85. The van der Waals surface area contributed by atoms with Crippen LogP contribution in [0, 0.1) is 5.82 Å². The van der Waals surface area contributed by atoms with Crippen molar-refractivity contribution in [2.75, 3.05) is 46.4 Å². The van der Waals surface area contributed by atoms with Crippen LogP contribution in [0.4, 0.5) is 4.39 Å². The number of rotatable bonds is 3. The molecule has 0 bridgehead atoms. The smallest absolute Gasteiger partial charge is 0.127 e. The van der Waals surface area contributed by atoms with Gasteiger partial charge in [-0.15, -0.1) is 0 Å². The van der Waals surface area contributed by atoms with Crippen LogP contribution in [0.2, 0.25) is 0 Å². The SMILES string of the molecule is CN1CCN(CC2=C(c3ccc(F)cc3)c3ccccc3OC2)CC1. The number of para-hydroxylation sites is 1. The average Bonchev–Trinajstić information content (AvgIpc) is 2.64. The number of nitrogens with zero attached hydrogens (tertiary/aromatic N) is 2. The summed E-state index contributed by atoms with van der Waals surface area (Å²) < 4.78 is 19.4. The number of likely N-dealkylation sites (N-methyl/N-ethyl adjacent to an activating group) is 1. The fourth-order valence-electron chi connectivity index (χ4n) is 3.60. The van der Waals surface area contributed by atoms with Crippen LogP contribution in [0.5, 0.6) is 5.75 Å². The van der Waals surface area contributed by atoms with E-state index >= 15 is 0 Å². The first-order chi connectivity index (χ1) is 12.2. The summed E-state index contributed by atoms with van der Waals surface area (Å²) in [5.74, 6) is 0.703. The topological polar surface area (TPSA) is 15.7 Å². The molecule has 4 rings (SSSR count). The predicted molar refractivity (Wildman–Crippen MR) is 98.3 cm³/mol. The minimum absolute atomic E-state index is 0.203. The molecule has 0 radical (unpaired) electrons. The lowest BCUT2D eigenvalue weighted by Gasteiger charge is -2.34. The van der Waals surface area contributed by atoms with Crippen molar-refractivity contribution in [1.29, 1.82) is 0 Å². The van der Waals surface area contributed by atoms with Gasteiger partial charge in [0.15, 0.2) is 0 Å². The first kappa shape index (κ1) is 16.3. The molecule has 0 unspecified atom stereocenters. The van der Waals surface area contributed by atoms with Gasteiger partial charge in [-0.3, -0.25) is 4.90 Å². The van der Waals surface area contributed by atoms with Crippen LogP contribution < -0.4 is 4.74 Å². The molecule has 2 aliphatic rings. The highest BCUT2D eigenvalue weighted by molar-refractivity contribution is 5.86. The molecule has 1 saturated heterocycles. The second kappa shape index (κ2) is 6.98. The van der Waals surface area contributed by atoms with Crippen LogP contribution in [0.15, 0.2) is 54.1 Å². The molecule has 0 aromatic heterocycles. The Morgan fingerprint density at radius 2 is 1.68 bits per heavy atom. The van der Waals surface area contributed by atoms with Crippen molar-refractivity contribution in [2.45, 2.75) is 0 Å². The normalized spacial score (nSPS) is 18.8. The zero-order chi connectivity index (χ0) is 17.2. The van der Waals surface area contributed by atoms with Gasteiger partial charge in [-0.2, -0.15) is 0 Å². The van der Waals surface area contributed by atoms with Gasteiger partial charge in [0.25, 0.3) is 0 Å². The number of ether oxygens (including phenoxy) is 1. The molecule has 130 valence electrons. The summed E-state index contributed by atoms with van der Waals surface area (Å²) in [5, 5.41) is 0. The summed E-state index contributed by atoms with van der Waals surface area (Å²) >= 11 is 0. The molecule has 0 spiro atoms. The van der Waals surface area contributed by atoms with E-state index in [-0.39, 0.29) is 5.82 Å². The lowest BCUT2D eigenvalue weighted by molar-refractivity contribution is 0.160. The maximum absolute atomic E-state index is 13.4. The summed E-state index contributed by atoms with van der Waals surface area (Å²) in [6.45, 7) is 5.81. The molecule has 0 amide bonds. The summed E-state index contributed by atoms with van der Waals surface area (Å²) in [4.78, 5) is 4.84. The van der Waals surface area contributed by atoms with Gasteiger partial charge in [0, 0.05) is 38.3 Å². The van der Waals surface area contributed by atoms with E-state index in [9.17, 15) is 4.39 Å². The minimum atomic E-state index is -0.203. The Morgan fingerprint density at radius 1 is 0.960 bits per heavy atom. The molecule has 25 heavy (non-hydrogen) atoms. The average molecular weight is 338 g/mol. The molecule has 2 aromatic rings. The van der Waals surface area contributed by atoms with Crippen molar-refractivity contribution < 1.29 is 9.13 Å². The maximum atomic E-state index is 13.4. The maximum Gasteiger partial charge on any atom is 0.127 e. The quantitative estimate of drug-likeness (QED) is 0.854. The van der Waals surface area contributed by atoms with Gasteiger partial charge in [0.1, 0.15) is 18.2 Å². The molecule has 2 aliphatic heterocycles. The summed E-state index contributed by atoms with van der Waals surface area (Å²) in [6.07, 6.45) is 0. The first-order valence-corrected chi connectivity index (χ1v) is 8.82. The highest BCUT2D eigenvalue weighted by Gasteiger charge is 2.24. The van der Waals surface area contributed by atoms with Crippen LogP contribution in [0.3, 0.4) is 0 Å². The summed E-state index contributed by atoms with van der Waals surface area (Å²) in [7, 11) is 2.17. The molecular formula is C21H23FN2O. The van der Waals surface area contributed by atoms with E-state index in [0.29, 0.717) is 6.61 Å². The number of hydrogen-bond donors (Lipinski definition) is 0. The van der Waals surface area contributed by atoms with Crippen LogP contribution >= 0.6 is 0 Å². The fourth-order valence-corrected chi connectivity index (χ4v) is 3.60. The number of halogens is 1. The molecule has 2 heterocycles. The van der Waals surface area contributed by atoms with E-state index < -0.39 is 0 Å². The zero-order valence-corrected chi connectivity index (χ0v) is 14.5. The molecule has 0 N–H and O–H groups in total. The number of fused-ring (bicyclic) bond motifs is 1. The third-order valence-corrected chi connectivity index (χ3v) is 5.06. The van der Waals surface area contributed by atoms with Crippen molar-refractivity contribution in [2.24, 2.45) is 0 Å². The highest BCUT2D eigenvalue weighted by atomic mass is 19.1. The Labute approximate surface area is 148 Å². The van der Waals surface area contributed by atoms with Gasteiger partial charge < -0.3 is 9.64 Å². The molecule has 2 aromatic carbocycles. The lowest BCUT2D eigenvalue weighted by atomic mass is 9.90. The third kappa shape index (κ3) is 3.46. The number of benzene rings is 2. The van der Waals surface area contributed by atoms with Crippen LogP contribution in [0.25, 0.3) is 5.57 Å². The zero-order valence-electron chi connectivity index (χ0n) is 14.5. The van der Waals surface area contributed by atoms with E-state index in [0.717, 1.165) is 49.6 Å². The molecule has 4 heteroatoms. The van der Waals surface area contributed by atoms with Crippen molar-refractivity contribution in [1.82, 2.24) is 9.80 Å². The van der Waals surface area contributed by atoms with E-state index in [1.807, 2.05) is 30.3 Å². The van der Waals surface area contributed by atoms with Gasteiger partial charge in [-0.25, -0.2) is 4.39 Å². The summed E-state index contributed by atoms with van der Waals surface area (Å²) in [6, 6.07) is 14.9. The van der Waals surface area contributed by atoms with Crippen LogP contribution in [0.1, 0.15) is 11.1 Å². The van der Waals surface area contributed by atoms with E-state index in [2.05, 4.69) is 22.9 Å². The molecule has 0 atom stereocenters. The Hall–Kier alpha value is -2.17. The standard InChI is InChI=1S/C21H23FN2O/c1-23-10-12-24(13-11-23)14-17-15-25-20-5-3-2-4-19(20)21(17)16-6-8-18(22)9-7-16/h2-9H,10-15H2,1H3. The largest absolute Gasteiger partial charge is 0.489 e. The molecule has 3 nitrogen and oxygen atoms in total. The van der Waals surface area contributed by atoms with Gasteiger partial charge in [0.05, 0.1) is 0 Å².